The quantitative estimate of drug-likeness (QED) is 0.506. The fraction of sp³-hybridized carbons (Fsp3) is 0.429. The van der Waals surface area contributed by atoms with E-state index < -0.39 is 0 Å². The molecule has 3 rings (SSSR count). The molecule has 0 saturated carbocycles. The maximum atomic E-state index is 2.34. The fourth-order valence-corrected chi connectivity index (χ4v) is 2.98. The van der Waals surface area contributed by atoms with Crippen molar-refractivity contribution < 1.29 is 0 Å². The average Bonchev–Trinajstić information content (AvgIpc) is 2.71. The van der Waals surface area contributed by atoms with Crippen LogP contribution in [0.4, 0.5) is 0 Å². The van der Waals surface area contributed by atoms with Crippen LogP contribution in [-0.2, 0) is 5.41 Å². The molecule has 0 heteroatoms. The third-order valence-electron chi connectivity index (χ3n) is 3.99. The van der Waals surface area contributed by atoms with E-state index in [1.165, 1.54) is 33.4 Å². The van der Waals surface area contributed by atoms with Gasteiger partial charge < -0.3 is 0 Å². The van der Waals surface area contributed by atoms with Gasteiger partial charge >= 0.3 is 0 Å². The van der Waals surface area contributed by atoms with Gasteiger partial charge in [0.15, 0.2) is 0 Å². The summed E-state index contributed by atoms with van der Waals surface area (Å²) in [6.07, 6.45) is 0. The summed E-state index contributed by atoms with van der Waals surface area (Å²) in [6.45, 7) is 17.0. The van der Waals surface area contributed by atoms with Crippen LogP contribution in [0.2, 0.25) is 0 Å². The minimum Gasteiger partial charge on any atom is -0.0683 e. The highest BCUT2D eigenvalue weighted by Crippen LogP contribution is 2.48. The van der Waals surface area contributed by atoms with Gasteiger partial charge in [-0.1, -0.05) is 89.1 Å². The predicted octanol–water partition coefficient (Wildman–Crippen LogP) is 6.66. The SMILES string of the molecule is CC.CC.Cc1ccc2c(c1)-c1ccc(C)cc1C2(C)C. The van der Waals surface area contributed by atoms with Crippen LogP contribution >= 0.6 is 0 Å². The van der Waals surface area contributed by atoms with Crippen LogP contribution in [0.5, 0.6) is 0 Å². The van der Waals surface area contributed by atoms with Crippen molar-refractivity contribution in [3.63, 3.8) is 0 Å². The van der Waals surface area contributed by atoms with Crippen molar-refractivity contribution in [2.75, 3.05) is 0 Å². The summed E-state index contributed by atoms with van der Waals surface area (Å²) in [5.41, 5.74) is 8.60. The Labute approximate surface area is 131 Å². The molecule has 2 aromatic rings. The highest BCUT2D eigenvalue weighted by molar-refractivity contribution is 5.81. The first-order valence-corrected chi connectivity index (χ1v) is 8.23. The molecule has 0 spiro atoms. The van der Waals surface area contributed by atoms with Crippen LogP contribution in [0.25, 0.3) is 11.1 Å². The standard InChI is InChI=1S/C17H18.2C2H6/c1-11-6-8-15-14(9-11)13-7-5-12(2)10-16(13)17(15,3)4;2*1-2/h5-10H,1-4H3;2*1-2H3. The minimum absolute atomic E-state index is 0.143. The summed E-state index contributed by atoms with van der Waals surface area (Å²) in [4.78, 5) is 0. The lowest BCUT2D eigenvalue weighted by Crippen LogP contribution is -2.15. The van der Waals surface area contributed by atoms with Gasteiger partial charge in [-0.2, -0.15) is 0 Å². The van der Waals surface area contributed by atoms with Crippen LogP contribution in [0.1, 0.15) is 63.8 Å². The van der Waals surface area contributed by atoms with Crippen LogP contribution in [0.15, 0.2) is 36.4 Å². The zero-order chi connectivity index (χ0) is 16.2. The Morgan fingerprint density at radius 2 is 1.14 bits per heavy atom. The number of hydrogen-bond donors (Lipinski definition) is 0. The number of aryl methyl sites for hydroxylation is 2. The monoisotopic (exact) mass is 282 g/mol. The van der Waals surface area contributed by atoms with E-state index in [1.807, 2.05) is 27.7 Å². The zero-order valence-electron chi connectivity index (χ0n) is 15.0. The maximum absolute atomic E-state index is 2.34. The van der Waals surface area contributed by atoms with Crippen molar-refractivity contribution in [1.29, 1.82) is 0 Å². The Hall–Kier alpha value is -1.56. The van der Waals surface area contributed by atoms with E-state index in [-0.39, 0.29) is 5.41 Å². The normalized spacial score (nSPS) is 13.1. The Bertz CT molecular complexity index is 603. The van der Waals surface area contributed by atoms with Gasteiger partial charge in [0, 0.05) is 5.41 Å². The molecule has 0 fully saturated rings. The molecular weight excluding hydrogens is 252 g/mol. The molecule has 1 aliphatic carbocycles. The molecule has 0 saturated heterocycles. The molecule has 0 nitrogen and oxygen atoms in total. The molecule has 0 N–H and O–H groups in total. The Morgan fingerprint density at radius 3 is 1.76 bits per heavy atom. The zero-order valence-corrected chi connectivity index (χ0v) is 15.0. The second-order valence-electron chi connectivity index (χ2n) is 5.72. The van der Waals surface area contributed by atoms with Gasteiger partial charge in [-0.25, -0.2) is 0 Å². The fourth-order valence-electron chi connectivity index (χ4n) is 2.98. The topological polar surface area (TPSA) is 0 Å². The Kier molecular flexibility index (Phi) is 5.78. The summed E-state index contributed by atoms with van der Waals surface area (Å²) in [6, 6.07) is 13.7. The number of hydrogen-bond acceptors (Lipinski definition) is 0. The molecule has 0 radical (unpaired) electrons. The Morgan fingerprint density at radius 1 is 0.619 bits per heavy atom. The van der Waals surface area contributed by atoms with Gasteiger partial charge in [-0.15, -0.1) is 0 Å². The molecule has 0 unspecified atom stereocenters. The second kappa shape index (κ2) is 6.93. The molecule has 0 bridgehead atoms. The Balaban J connectivity index is 0.000000510. The molecule has 0 aliphatic heterocycles. The lowest BCUT2D eigenvalue weighted by atomic mass is 9.82. The summed E-state index contributed by atoms with van der Waals surface area (Å²) in [5.74, 6) is 0. The summed E-state index contributed by atoms with van der Waals surface area (Å²) in [7, 11) is 0. The van der Waals surface area contributed by atoms with Gasteiger partial charge in [0.2, 0.25) is 0 Å². The van der Waals surface area contributed by atoms with E-state index in [1.54, 1.807) is 0 Å². The van der Waals surface area contributed by atoms with Crippen molar-refractivity contribution in [3.8, 4) is 11.1 Å². The van der Waals surface area contributed by atoms with Crippen molar-refractivity contribution in [3.05, 3.63) is 58.7 Å². The van der Waals surface area contributed by atoms with Crippen LogP contribution in [-0.4, -0.2) is 0 Å². The number of fused-ring (bicyclic) bond motifs is 3. The highest BCUT2D eigenvalue weighted by Gasteiger charge is 2.34. The number of benzene rings is 2. The van der Waals surface area contributed by atoms with Crippen molar-refractivity contribution in [2.24, 2.45) is 0 Å². The maximum Gasteiger partial charge on any atom is 0.0158 e. The first-order chi connectivity index (χ1) is 10.00. The first kappa shape index (κ1) is 17.5. The average molecular weight is 282 g/mol. The molecule has 2 aromatic carbocycles. The van der Waals surface area contributed by atoms with Crippen molar-refractivity contribution in [2.45, 2.75) is 60.8 Å². The van der Waals surface area contributed by atoms with Crippen molar-refractivity contribution in [1.82, 2.24) is 0 Å². The molecule has 0 aromatic heterocycles. The van der Waals surface area contributed by atoms with E-state index in [9.17, 15) is 0 Å². The lowest BCUT2D eigenvalue weighted by molar-refractivity contribution is 0.659. The van der Waals surface area contributed by atoms with Gasteiger partial charge in [-0.3, -0.25) is 0 Å². The summed E-state index contributed by atoms with van der Waals surface area (Å²) < 4.78 is 0. The molecule has 114 valence electrons. The minimum atomic E-state index is 0.143. The van der Waals surface area contributed by atoms with E-state index in [4.69, 9.17) is 0 Å². The largest absolute Gasteiger partial charge is 0.0683 e. The van der Waals surface area contributed by atoms with Gasteiger partial charge in [0.1, 0.15) is 0 Å². The summed E-state index contributed by atoms with van der Waals surface area (Å²) in [5, 5.41) is 0. The van der Waals surface area contributed by atoms with Crippen LogP contribution in [0, 0.1) is 13.8 Å². The molecule has 21 heavy (non-hydrogen) atoms. The smallest absolute Gasteiger partial charge is 0.0158 e. The molecule has 0 amide bonds. The predicted molar refractivity (Wildman–Crippen MR) is 96.2 cm³/mol. The van der Waals surface area contributed by atoms with E-state index in [2.05, 4.69) is 64.1 Å². The third kappa shape index (κ3) is 3.05. The lowest BCUT2D eigenvalue weighted by Gasteiger charge is -2.21. The van der Waals surface area contributed by atoms with E-state index >= 15 is 0 Å². The molecule has 0 atom stereocenters. The number of rotatable bonds is 0. The van der Waals surface area contributed by atoms with Gasteiger partial charge in [-0.05, 0) is 36.1 Å². The van der Waals surface area contributed by atoms with E-state index in [0.29, 0.717) is 0 Å². The van der Waals surface area contributed by atoms with Crippen LogP contribution < -0.4 is 0 Å². The molecular formula is C21H30. The van der Waals surface area contributed by atoms with Gasteiger partial charge in [0.25, 0.3) is 0 Å². The van der Waals surface area contributed by atoms with Gasteiger partial charge in [0.05, 0.1) is 0 Å². The molecule has 1 aliphatic rings. The van der Waals surface area contributed by atoms with Crippen LogP contribution in [0.3, 0.4) is 0 Å². The third-order valence-corrected chi connectivity index (χ3v) is 3.99. The molecule has 0 heterocycles. The second-order valence-corrected chi connectivity index (χ2v) is 5.72. The van der Waals surface area contributed by atoms with E-state index in [0.717, 1.165) is 0 Å². The highest BCUT2D eigenvalue weighted by atomic mass is 14.4. The van der Waals surface area contributed by atoms with Crippen molar-refractivity contribution >= 4 is 0 Å². The summed E-state index contributed by atoms with van der Waals surface area (Å²) >= 11 is 0. The first-order valence-electron chi connectivity index (χ1n) is 8.23.